The number of hydrogen-bond donors (Lipinski definition) is 2. The van der Waals surface area contributed by atoms with E-state index in [2.05, 4.69) is 86.6 Å². The van der Waals surface area contributed by atoms with Crippen LogP contribution in [0.5, 0.6) is 0 Å². The van der Waals surface area contributed by atoms with Crippen LogP contribution in [-0.2, 0) is 15.4 Å². The molecule has 1 aromatic carbocycles. The highest BCUT2D eigenvalue weighted by Gasteiger charge is 2.41. The third-order valence-electron chi connectivity index (χ3n) is 8.41. The Balaban J connectivity index is 1.65. The highest BCUT2D eigenvalue weighted by atomic mass is 32.2. The molecule has 8 nitrogen and oxygen atoms in total. The SMILES string of the molecule is Cc1cccc(C)c1[C@@H]1CC[C@@H]2CN(c3nc(C(C)(C)C)ccc3C(=O)NS(=O)(=O)c3cccc(n3)N1)C(C)(C)C2. The fourth-order valence-electron chi connectivity index (χ4n) is 6.32. The molecule has 218 valence electrons. The molecule has 0 aliphatic carbocycles. The quantitative estimate of drug-likeness (QED) is 0.363. The summed E-state index contributed by atoms with van der Waals surface area (Å²) in [7, 11) is -4.25. The number of pyridine rings is 2. The van der Waals surface area contributed by atoms with E-state index in [1.165, 1.54) is 22.8 Å². The van der Waals surface area contributed by atoms with Gasteiger partial charge in [-0.1, -0.05) is 45.0 Å². The van der Waals surface area contributed by atoms with Gasteiger partial charge in [-0.3, -0.25) is 4.79 Å². The van der Waals surface area contributed by atoms with Crippen LogP contribution in [-0.4, -0.2) is 36.4 Å². The molecule has 41 heavy (non-hydrogen) atoms. The van der Waals surface area contributed by atoms with Crippen LogP contribution in [0, 0.1) is 19.8 Å². The predicted molar refractivity (Wildman–Crippen MR) is 163 cm³/mol. The lowest BCUT2D eigenvalue weighted by Gasteiger charge is -2.34. The summed E-state index contributed by atoms with van der Waals surface area (Å²) in [5.41, 5.74) is 4.14. The number of carbonyl (C=O) groups is 1. The monoisotopic (exact) mass is 575 g/mol. The van der Waals surface area contributed by atoms with Crippen LogP contribution in [0.15, 0.2) is 53.6 Å². The molecule has 0 saturated carbocycles. The van der Waals surface area contributed by atoms with Crippen LogP contribution >= 0.6 is 0 Å². The van der Waals surface area contributed by atoms with E-state index in [-0.39, 0.29) is 27.6 Å². The van der Waals surface area contributed by atoms with Gasteiger partial charge in [0, 0.05) is 23.2 Å². The molecule has 4 bridgehead atoms. The van der Waals surface area contributed by atoms with Crippen molar-refractivity contribution in [1.82, 2.24) is 14.7 Å². The number of nitrogens with one attached hydrogen (secondary N) is 2. The molecule has 4 heterocycles. The van der Waals surface area contributed by atoms with E-state index >= 15 is 0 Å². The summed E-state index contributed by atoms with van der Waals surface area (Å²) in [4.78, 5) is 25.3. The van der Waals surface area contributed by atoms with Crippen molar-refractivity contribution in [3.05, 3.63) is 76.5 Å². The maximum atomic E-state index is 13.6. The van der Waals surface area contributed by atoms with Crippen molar-refractivity contribution >= 4 is 27.6 Å². The van der Waals surface area contributed by atoms with E-state index in [4.69, 9.17) is 4.98 Å². The minimum atomic E-state index is -4.25. The molecule has 1 amide bonds. The van der Waals surface area contributed by atoms with Gasteiger partial charge in [-0.2, -0.15) is 8.42 Å². The van der Waals surface area contributed by atoms with Gasteiger partial charge in [0.15, 0.2) is 5.03 Å². The van der Waals surface area contributed by atoms with Crippen LogP contribution in [0.1, 0.15) is 92.7 Å². The Morgan fingerprint density at radius 1 is 0.951 bits per heavy atom. The van der Waals surface area contributed by atoms with Crippen molar-refractivity contribution in [1.29, 1.82) is 0 Å². The van der Waals surface area contributed by atoms with Crippen LogP contribution in [0.25, 0.3) is 0 Å². The Morgan fingerprint density at radius 3 is 2.32 bits per heavy atom. The third-order valence-corrected chi connectivity index (χ3v) is 9.64. The molecule has 2 aliphatic rings. The number of sulfonamides is 1. The molecule has 0 spiro atoms. The average Bonchev–Trinajstić information content (AvgIpc) is 3.19. The van der Waals surface area contributed by atoms with Gasteiger partial charge in [0.05, 0.1) is 11.6 Å². The summed E-state index contributed by atoms with van der Waals surface area (Å²) < 4.78 is 29.2. The summed E-state index contributed by atoms with van der Waals surface area (Å²) >= 11 is 0. The van der Waals surface area contributed by atoms with Crippen molar-refractivity contribution in [2.24, 2.45) is 5.92 Å². The van der Waals surface area contributed by atoms with Crippen molar-refractivity contribution < 1.29 is 13.2 Å². The number of aryl methyl sites for hydroxylation is 2. The molecule has 1 fully saturated rings. The Kier molecular flexibility index (Phi) is 7.39. The zero-order chi connectivity index (χ0) is 29.7. The van der Waals surface area contributed by atoms with Crippen molar-refractivity contribution in [3.63, 3.8) is 0 Å². The molecule has 2 aliphatic heterocycles. The summed E-state index contributed by atoms with van der Waals surface area (Å²) in [6.45, 7) is 15.5. The maximum absolute atomic E-state index is 13.6. The number of rotatable bonds is 1. The zero-order valence-electron chi connectivity index (χ0n) is 25.1. The number of amides is 1. The van der Waals surface area contributed by atoms with E-state index in [1.54, 1.807) is 18.2 Å². The molecule has 2 atom stereocenters. The minimum Gasteiger partial charge on any atom is -0.363 e. The molecular weight excluding hydrogens is 534 g/mol. The first kappa shape index (κ1) is 29.0. The topological polar surface area (TPSA) is 104 Å². The second-order valence-corrected chi connectivity index (χ2v) is 14.8. The standard InChI is InChI=1S/C32H41N5O3S/c1-20-10-8-11-21(2)28(20)24-16-14-22-18-32(6,7)37(19-22)29-23(15-17-25(34-29)31(3,4)5)30(38)36-41(39,40)27-13-9-12-26(33-24)35-27/h8-13,15,17,22,24H,14,16,18-19H2,1-7H3,(H,33,35)(H,36,38)/t22-,24-/m0/s1. The molecule has 5 rings (SSSR count). The highest BCUT2D eigenvalue weighted by Crippen LogP contribution is 2.41. The molecule has 0 unspecified atom stereocenters. The first-order valence-electron chi connectivity index (χ1n) is 14.3. The van der Waals surface area contributed by atoms with Gasteiger partial charge >= 0.3 is 0 Å². The van der Waals surface area contributed by atoms with E-state index in [1.807, 2.05) is 6.07 Å². The van der Waals surface area contributed by atoms with Gasteiger partial charge in [0.1, 0.15) is 11.6 Å². The smallest absolute Gasteiger partial charge is 0.281 e. The molecule has 2 aromatic heterocycles. The zero-order valence-corrected chi connectivity index (χ0v) is 25.9. The van der Waals surface area contributed by atoms with E-state index in [9.17, 15) is 13.2 Å². The van der Waals surface area contributed by atoms with Gasteiger partial charge in [-0.15, -0.1) is 0 Å². The van der Waals surface area contributed by atoms with Crippen LogP contribution in [0.2, 0.25) is 0 Å². The lowest BCUT2D eigenvalue weighted by Crippen LogP contribution is -2.41. The van der Waals surface area contributed by atoms with E-state index in [0.29, 0.717) is 17.6 Å². The Bertz CT molecular complexity index is 1570. The minimum absolute atomic E-state index is 0.0589. The number of hydrogen-bond acceptors (Lipinski definition) is 7. The van der Waals surface area contributed by atoms with Gasteiger partial charge in [-0.25, -0.2) is 14.7 Å². The fraction of sp³-hybridized carbons (Fsp3) is 0.469. The molecular formula is C32H41N5O3S. The lowest BCUT2D eigenvalue weighted by molar-refractivity contribution is 0.0981. The molecule has 0 radical (unpaired) electrons. The highest BCUT2D eigenvalue weighted by molar-refractivity contribution is 7.90. The Hall–Kier alpha value is -3.46. The second kappa shape index (κ2) is 10.4. The Labute approximate surface area is 244 Å². The number of carbonyl (C=O) groups excluding carboxylic acids is 1. The number of aromatic nitrogens is 2. The first-order valence-corrected chi connectivity index (χ1v) is 15.8. The van der Waals surface area contributed by atoms with Crippen molar-refractivity contribution in [3.8, 4) is 0 Å². The predicted octanol–water partition coefficient (Wildman–Crippen LogP) is 6.06. The van der Waals surface area contributed by atoms with Crippen LogP contribution in [0.4, 0.5) is 11.6 Å². The average molecular weight is 576 g/mol. The first-order chi connectivity index (χ1) is 19.2. The van der Waals surface area contributed by atoms with Gasteiger partial charge in [0.25, 0.3) is 15.9 Å². The molecule has 1 saturated heterocycles. The number of nitrogens with zero attached hydrogens (tertiary/aromatic N) is 3. The summed E-state index contributed by atoms with van der Waals surface area (Å²) in [5.74, 6) is 0.630. The normalized spacial score (nSPS) is 22.1. The fourth-order valence-corrected chi connectivity index (χ4v) is 7.26. The number of fused-ring (bicyclic) bond motifs is 6. The second-order valence-electron chi connectivity index (χ2n) is 13.2. The summed E-state index contributed by atoms with van der Waals surface area (Å²) in [6.07, 6.45) is 2.73. The number of anilines is 2. The van der Waals surface area contributed by atoms with E-state index in [0.717, 1.165) is 31.5 Å². The lowest BCUT2D eigenvalue weighted by atomic mass is 9.88. The molecule has 2 N–H and O–H groups in total. The maximum Gasteiger partial charge on any atom is 0.281 e. The molecule has 9 heteroatoms. The summed E-state index contributed by atoms with van der Waals surface area (Å²) in [5, 5.41) is 3.33. The third kappa shape index (κ3) is 5.82. The largest absolute Gasteiger partial charge is 0.363 e. The van der Waals surface area contributed by atoms with E-state index < -0.39 is 15.9 Å². The van der Waals surface area contributed by atoms with Gasteiger partial charge < -0.3 is 10.2 Å². The molecule has 3 aromatic rings. The number of benzene rings is 1. The van der Waals surface area contributed by atoms with Crippen LogP contribution in [0.3, 0.4) is 0 Å². The van der Waals surface area contributed by atoms with Crippen LogP contribution < -0.4 is 14.9 Å². The van der Waals surface area contributed by atoms with Crippen molar-refractivity contribution in [2.45, 2.75) is 89.8 Å². The van der Waals surface area contributed by atoms with Gasteiger partial charge in [-0.05, 0) is 93.8 Å². The van der Waals surface area contributed by atoms with Crippen molar-refractivity contribution in [2.75, 3.05) is 16.8 Å². The van der Waals surface area contributed by atoms with Gasteiger partial charge in [0.2, 0.25) is 0 Å². The Morgan fingerprint density at radius 2 is 1.63 bits per heavy atom. The summed E-state index contributed by atoms with van der Waals surface area (Å²) in [6, 6.07) is 14.6.